The van der Waals surface area contributed by atoms with Crippen LogP contribution in [-0.4, -0.2) is 33.2 Å². The summed E-state index contributed by atoms with van der Waals surface area (Å²) in [4.78, 5) is 22.9. The van der Waals surface area contributed by atoms with E-state index in [0.717, 1.165) is 6.07 Å². The van der Waals surface area contributed by atoms with Crippen molar-refractivity contribution < 1.29 is 32.3 Å². The van der Waals surface area contributed by atoms with Crippen molar-refractivity contribution in [2.45, 2.75) is 4.90 Å². The maximum absolute atomic E-state index is 12.7. The van der Waals surface area contributed by atoms with Crippen molar-refractivity contribution in [3.63, 3.8) is 0 Å². The van der Waals surface area contributed by atoms with E-state index in [-0.39, 0.29) is 28.6 Å². The van der Waals surface area contributed by atoms with Crippen LogP contribution in [0.1, 0.15) is 10.4 Å². The van der Waals surface area contributed by atoms with Gasteiger partial charge in [-0.2, -0.15) is 0 Å². The molecule has 0 saturated carbocycles. The first-order chi connectivity index (χ1) is 16.3. The zero-order valence-corrected chi connectivity index (χ0v) is 18.4. The number of amides is 1. The minimum atomic E-state index is -4.12. The zero-order chi connectivity index (χ0) is 24.3. The number of carbonyl (C=O) groups is 1. The number of nitro groups is 1. The Morgan fingerprint density at radius 2 is 1.76 bits per heavy atom. The van der Waals surface area contributed by atoms with Gasteiger partial charge in [0.1, 0.15) is 11.4 Å². The summed E-state index contributed by atoms with van der Waals surface area (Å²) < 4.78 is 43.2. The van der Waals surface area contributed by atoms with Crippen LogP contribution in [0, 0.1) is 10.1 Å². The predicted octanol–water partition coefficient (Wildman–Crippen LogP) is 2.89. The van der Waals surface area contributed by atoms with Gasteiger partial charge in [0.25, 0.3) is 21.6 Å². The van der Waals surface area contributed by atoms with E-state index in [9.17, 15) is 23.3 Å². The first-order valence-corrected chi connectivity index (χ1v) is 11.2. The Hall–Kier alpha value is -4.52. The van der Waals surface area contributed by atoms with Crippen molar-refractivity contribution >= 4 is 33.0 Å². The van der Waals surface area contributed by atoms with Gasteiger partial charge in [-0.3, -0.25) is 30.5 Å². The Kier molecular flexibility index (Phi) is 6.10. The molecule has 0 radical (unpaired) electrons. The van der Waals surface area contributed by atoms with Crippen molar-refractivity contribution in [3.05, 3.63) is 76.3 Å². The topological polar surface area (TPSA) is 158 Å². The van der Waals surface area contributed by atoms with Gasteiger partial charge in [-0.25, -0.2) is 8.42 Å². The molecule has 3 N–H and O–H groups in total. The monoisotopic (exact) mass is 486 g/mol. The van der Waals surface area contributed by atoms with Crippen LogP contribution in [0.25, 0.3) is 0 Å². The number of nitro benzene ring substituents is 1. The number of hydrazine groups is 1. The number of nitrogens with zero attached hydrogens (tertiary/aromatic N) is 1. The summed E-state index contributed by atoms with van der Waals surface area (Å²) in [5.41, 5.74) is 4.62. The van der Waals surface area contributed by atoms with Gasteiger partial charge < -0.3 is 14.2 Å². The molecule has 0 spiro atoms. The molecule has 1 aliphatic rings. The Bertz CT molecular complexity index is 1360. The summed E-state index contributed by atoms with van der Waals surface area (Å²) in [6, 6.07) is 13.9. The van der Waals surface area contributed by atoms with Gasteiger partial charge in [-0.05, 0) is 54.6 Å². The van der Waals surface area contributed by atoms with Gasteiger partial charge >= 0.3 is 0 Å². The number of fused-ring (bicyclic) bond motifs is 1. The van der Waals surface area contributed by atoms with Gasteiger partial charge in [-0.15, -0.1) is 0 Å². The smallest absolute Gasteiger partial charge is 0.295 e. The molecule has 1 heterocycles. The number of nitrogens with one attached hydrogen (secondary N) is 3. The van der Waals surface area contributed by atoms with Crippen LogP contribution < -0.4 is 29.8 Å². The van der Waals surface area contributed by atoms with Crippen LogP contribution in [-0.2, 0) is 10.0 Å². The van der Waals surface area contributed by atoms with E-state index in [4.69, 9.17) is 14.2 Å². The summed E-state index contributed by atoms with van der Waals surface area (Å²) in [7, 11) is -2.64. The number of carbonyl (C=O) groups excluding carboxylic acids is 1. The van der Waals surface area contributed by atoms with E-state index < -0.39 is 26.5 Å². The summed E-state index contributed by atoms with van der Waals surface area (Å²) in [6.07, 6.45) is 0. The molecule has 3 aromatic carbocycles. The van der Waals surface area contributed by atoms with E-state index in [0.29, 0.717) is 17.2 Å². The zero-order valence-electron chi connectivity index (χ0n) is 17.6. The average molecular weight is 486 g/mol. The number of methoxy groups -OCH3 is 1. The molecule has 12 nitrogen and oxygen atoms in total. The summed E-state index contributed by atoms with van der Waals surface area (Å²) >= 11 is 0. The second kappa shape index (κ2) is 9.15. The first-order valence-electron chi connectivity index (χ1n) is 9.68. The normalized spacial score (nSPS) is 12.0. The standard InChI is InChI=1S/C21H18N4O8S/c1-31-15-5-3-14(4-6-15)24-34(29,30)16-7-8-17(18(11-16)25(27)28)22-23-21(26)13-2-9-19-20(10-13)33-12-32-19/h2-11,22,24H,12H2,1H3,(H,23,26). The van der Waals surface area contributed by atoms with E-state index in [1.165, 1.54) is 43.5 Å². The van der Waals surface area contributed by atoms with Crippen LogP contribution >= 0.6 is 0 Å². The molecule has 1 amide bonds. The molecule has 0 aliphatic carbocycles. The molecular weight excluding hydrogens is 468 g/mol. The number of ether oxygens (including phenoxy) is 3. The van der Waals surface area contributed by atoms with Crippen LogP contribution in [0.5, 0.6) is 17.2 Å². The molecule has 0 unspecified atom stereocenters. The van der Waals surface area contributed by atoms with Crippen molar-refractivity contribution in [1.82, 2.24) is 5.43 Å². The predicted molar refractivity (Wildman–Crippen MR) is 121 cm³/mol. The van der Waals surface area contributed by atoms with Crippen molar-refractivity contribution in [2.24, 2.45) is 0 Å². The highest BCUT2D eigenvalue weighted by Crippen LogP contribution is 2.33. The summed E-state index contributed by atoms with van der Waals surface area (Å²) in [5.74, 6) is 0.847. The van der Waals surface area contributed by atoms with E-state index in [2.05, 4.69) is 15.6 Å². The second-order valence-corrected chi connectivity index (χ2v) is 8.60. The molecular formula is C21H18N4O8S. The summed E-state index contributed by atoms with van der Waals surface area (Å²) in [5, 5.41) is 11.6. The van der Waals surface area contributed by atoms with E-state index in [1.807, 2.05) is 0 Å². The van der Waals surface area contributed by atoms with Crippen molar-refractivity contribution in [1.29, 1.82) is 0 Å². The number of rotatable bonds is 8. The van der Waals surface area contributed by atoms with Gasteiger partial charge in [0, 0.05) is 17.3 Å². The molecule has 0 aromatic heterocycles. The van der Waals surface area contributed by atoms with E-state index in [1.54, 1.807) is 18.2 Å². The number of sulfonamides is 1. The number of hydrogen-bond donors (Lipinski definition) is 3. The Morgan fingerprint density at radius 3 is 2.47 bits per heavy atom. The Balaban J connectivity index is 1.50. The number of benzene rings is 3. The minimum absolute atomic E-state index is 0.0490. The SMILES string of the molecule is COc1ccc(NS(=O)(=O)c2ccc(NNC(=O)c3ccc4c(c3)OCO4)c([N+](=O)[O-])c2)cc1. The molecule has 0 saturated heterocycles. The van der Waals surface area contributed by atoms with Gasteiger partial charge in [-0.1, -0.05) is 0 Å². The molecule has 13 heteroatoms. The van der Waals surface area contributed by atoms with Crippen LogP contribution in [0.3, 0.4) is 0 Å². The van der Waals surface area contributed by atoms with Crippen LogP contribution in [0.4, 0.5) is 17.1 Å². The molecule has 0 fully saturated rings. The maximum atomic E-state index is 12.7. The third-order valence-corrected chi connectivity index (χ3v) is 6.14. The molecule has 0 bridgehead atoms. The number of hydrogen-bond acceptors (Lipinski definition) is 9. The largest absolute Gasteiger partial charge is 0.497 e. The van der Waals surface area contributed by atoms with Crippen molar-refractivity contribution in [2.75, 3.05) is 24.1 Å². The third kappa shape index (κ3) is 4.78. The van der Waals surface area contributed by atoms with Gasteiger partial charge in [0.15, 0.2) is 11.5 Å². The minimum Gasteiger partial charge on any atom is -0.497 e. The highest BCUT2D eigenvalue weighted by Gasteiger charge is 2.23. The average Bonchev–Trinajstić information content (AvgIpc) is 3.30. The van der Waals surface area contributed by atoms with Gasteiger partial charge in [0.05, 0.1) is 16.9 Å². The lowest BCUT2D eigenvalue weighted by Gasteiger charge is -2.12. The molecule has 176 valence electrons. The summed E-state index contributed by atoms with van der Waals surface area (Å²) in [6.45, 7) is 0.0490. The fourth-order valence-corrected chi connectivity index (χ4v) is 4.12. The lowest BCUT2D eigenvalue weighted by Crippen LogP contribution is -2.29. The second-order valence-electron chi connectivity index (χ2n) is 6.92. The third-order valence-electron chi connectivity index (χ3n) is 4.76. The van der Waals surface area contributed by atoms with Crippen LogP contribution in [0.2, 0.25) is 0 Å². The van der Waals surface area contributed by atoms with E-state index >= 15 is 0 Å². The molecule has 4 rings (SSSR count). The fourth-order valence-electron chi connectivity index (χ4n) is 3.04. The quantitative estimate of drug-likeness (QED) is 0.321. The maximum Gasteiger partial charge on any atom is 0.295 e. The highest BCUT2D eigenvalue weighted by atomic mass is 32.2. The molecule has 1 aliphatic heterocycles. The molecule has 34 heavy (non-hydrogen) atoms. The van der Waals surface area contributed by atoms with Crippen LogP contribution in [0.15, 0.2) is 65.6 Å². The Morgan fingerprint density at radius 1 is 1.03 bits per heavy atom. The fraction of sp³-hybridized carbons (Fsp3) is 0.0952. The molecule has 3 aromatic rings. The lowest BCUT2D eigenvalue weighted by molar-refractivity contribution is -0.384. The Labute approximate surface area is 193 Å². The number of anilines is 2. The lowest BCUT2D eigenvalue weighted by atomic mass is 10.2. The molecule has 0 atom stereocenters. The van der Waals surface area contributed by atoms with Crippen molar-refractivity contribution in [3.8, 4) is 17.2 Å². The highest BCUT2D eigenvalue weighted by molar-refractivity contribution is 7.92. The first kappa shape index (κ1) is 22.7. The van der Waals surface area contributed by atoms with Gasteiger partial charge in [0.2, 0.25) is 6.79 Å².